The molecule has 4 heteroatoms. The SMILES string of the molecule is CCC(C1CCC1)N1CCCC(NC(=O)OC)C1. The van der Waals surface area contributed by atoms with Gasteiger partial charge < -0.3 is 10.1 Å². The van der Waals surface area contributed by atoms with Crippen LogP contribution in [0.5, 0.6) is 0 Å². The molecule has 18 heavy (non-hydrogen) atoms. The molecule has 1 heterocycles. The lowest BCUT2D eigenvalue weighted by atomic mass is 9.77. The van der Waals surface area contributed by atoms with E-state index in [0.717, 1.165) is 24.9 Å². The number of hydrogen-bond acceptors (Lipinski definition) is 3. The van der Waals surface area contributed by atoms with Gasteiger partial charge in [-0.1, -0.05) is 13.3 Å². The van der Waals surface area contributed by atoms with Crippen molar-refractivity contribution in [2.24, 2.45) is 5.92 Å². The third kappa shape index (κ3) is 3.16. The van der Waals surface area contributed by atoms with Crippen LogP contribution in [0.25, 0.3) is 0 Å². The number of alkyl carbamates (subject to hydrolysis) is 1. The van der Waals surface area contributed by atoms with Crippen molar-refractivity contribution >= 4 is 6.09 Å². The summed E-state index contributed by atoms with van der Waals surface area (Å²) in [4.78, 5) is 13.9. The Bertz CT molecular complexity index is 279. The zero-order chi connectivity index (χ0) is 13.0. The van der Waals surface area contributed by atoms with E-state index in [1.807, 2.05) is 0 Å². The zero-order valence-electron chi connectivity index (χ0n) is 11.7. The minimum atomic E-state index is -0.293. The maximum atomic E-state index is 11.3. The number of piperidine rings is 1. The second-order valence-electron chi connectivity index (χ2n) is 5.64. The fraction of sp³-hybridized carbons (Fsp3) is 0.929. The van der Waals surface area contributed by atoms with Gasteiger partial charge in [-0.15, -0.1) is 0 Å². The molecule has 1 N–H and O–H groups in total. The van der Waals surface area contributed by atoms with Gasteiger partial charge in [-0.25, -0.2) is 4.79 Å². The minimum absolute atomic E-state index is 0.264. The van der Waals surface area contributed by atoms with E-state index < -0.39 is 0 Å². The van der Waals surface area contributed by atoms with Gasteiger partial charge in [0, 0.05) is 18.6 Å². The second-order valence-corrected chi connectivity index (χ2v) is 5.64. The number of nitrogens with zero attached hydrogens (tertiary/aromatic N) is 1. The molecule has 0 aromatic heterocycles. The van der Waals surface area contributed by atoms with Gasteiger partial charge >= 0.3 is 6.09 Å². The molecule has 2 rings (SSSR count). The fourth-order valence-corrected chi connectivity index (χ4v) is 3.37. The van der Waals surface area contributed by atoms with Crippen LogP contribution in [0, 0.1) is 5.92 Å². The molecule has 2 aliphatic rings. The predicted molar refractivity (Wildman–Crippen MR) is 71.6 cm³/mol. The zero-order valence-corrected chi connectivity index (χ0v) is 11.7. The monoisotopic (exact) mass is 254 g/mol. The van der Waals surface area contributed by atoms with Crippen LogP contribution in [0.1, 0.15) is 45.4 Å². The van der Waals surface area contributed by atoms with E-state index in [9.17, 15) is 4.79 Å². The van der Waals surface area contributed by atoms with E-state index in [1.165, 1.54) is 45.8 Å². The summed E-state index contributed by atoms with van der Waals surface area (Å²) >= 11 is 0. The molecule has 0 aromatic rings. The molecule has 1 aliphatic carbocycles. The van der Waals surface area contributed by atoms with E-state index in [2.05, 4.69) is 21.9 Å². The molecule has 0 bridgehead atoms. The van der Waals surface area contributed by atoms with Crippen LogP contribution in [-0.2, 0) is 4.74 Å². The summed E-state index contributed by atoms with van der Waals surface area (Å²) in [5, 5.41) is 2.95. The lowest BCUT2D eigenvalue weighted by Gasteiger charge is -2.44. The third-order valence-corrected chi connectivity index (χ3v) is 4.54. The second kappa shape index (κ2) is 6.41. The lowest BCUT2D eigenvalue weighted by Crippen LogP contribution is -2.53. The number of likely N-dealkylation sites (tertiary alicyclic amines) is 1. The summed E-state index contributed by atoms with van der Waals surface area (Å²) in [7, 11) is 1.43. The van der Waals surface area contributed by atoms with Crippen LogP contribution >= 0.6 is 0 Å². The molecule has 0 spiro atoms. The van der Waals surface area contributed by atoms with Crippen molar-refractivity contribution < 1.29 is 9.53 Å². The Labute approximate surface area is 110 Å². The summed E-state index contributed by atoms with van der Waals surface area (Å²) in [5.41, 5.74) is 0. The first-order valence-corrected chi connectivity index (χ1v) is 7.33. The van der Waals surface area contributed by atoms with Crippen molar-refractivity contribution in [3.63, 3.8) is 0 Å². The van der Waals surface area contributed by atoms with E-state index >= 15 is 0 Å². The van der Waals surface area contributed by atoms with Gasteiger partial charge in [0.1, 0.15) is 0 Å². The van der Waals surface area contributed by atoms with Crippen molar-refractivity contribution in [2.75, 3.05) is 20.2 Å². The van der Waals surface area contributed by atoms with Gasteiger partial charge in [0.05, 0.1) is 7.11 Å². The van der Waals surface area contributed by atoms with Crippen LogP contribution < -0.4 is 5.32 Å². The molecule has 4 nitrogen and oxygen atoms in total. The Morgan fingerprint density at radius 3 is 2.72 bits per heavy atom. The number of rotatable bonds is 4. The van der Waals surface area contributed by atoms with E-state index in [0.29, 0.717) is 0 Å². The van der Waals surface area contributed by atoms with Crippen molar-refractivity contribution in [2.45, 2.75) is 57.5 Å². The molecule has 2 unspecified atom stereocenters. The number of amides is 1. The van der Waals surface area contributed by atoms with Crippen LogP contribution in [0.3, 0.4) is 0 Å². The highest BCUT2D eigenvalue weighted by Gasteiger charge is 2.33. The molecule has 2 fully saturated rings. The lowest BCUT2D eigenvalue weighted by molar-refractivity contribution is 0.0617. The van der Waals surface area contributed by atoms with Crippen molar-refractivity contribution in [1.29, 1.82) is 0 Å². The van der Waals surface area contributed by atoms with E-state index in [1.54, 1.807) is 0 Å². The quantitative estimate of drug-likeness (QED) is 0.837. The van der Waals surface area contributed by atoms with Crippen LogP contribution in [0.4, 0.5) is 4.79 Å². The normalized spacial score (nSPS) is 27.3. The van der Waals surface area contributed by atoms with Gasteiger partial charge in [0.2, 0.25) is 0 Å². The smallest absolute Gasteiger partial charge is 0.407 e. The molecule has 104 valence electrons. The highest BCUT2D eigenvalue weighted by atomic mass is 16.5. The summed E-state index contributed by atoms with van der Waals surface area (Å²) in [6, 6.07) is 0.987. The first-order chi connectivity index (χ1) is 8.74. The maximum absolute atomic E-state index is 11.3. The maximum Gasteiger partial charge on any atom is 0.407 e. The number of hydrogen-bond donors (Lipinski definition) is 1. The Morgan fingerprint density at radius 1 is 1.39 bits per heavy atom. The largest absolute Gasteiger partial charge is 0.453 e. The molecule has 1 aliphatic heterocycles. The first-order valence-electron chi connectivity index (χ1n) is 7.33. The molecule has 1 saturated carbocycles. The van der Waals surface area contributed by atoms with Crippen LogP contribution in [-0.4, -0.2) is 43.3 Å². The van der Waals surface area contributed by atoms with Gasteiger partial charge in [0.15, 0.2) is 0 Å². The summed E-state index contributed by atoms with van der Waals surface area (Å²) < 4.78 is 4.69. The van der Waals surface area contributed by atoms with E-state index in [-0.39, 0.29) is 12.1 Å². The summed E-state index contributed by atoms with van der Waals surface area (Å²) in [6.07, 6.45) is 7.38. The number of ether oxygens (including phenoxy) is 1. The van der Waals surface area contributed by atoms with Crippen LogP contribution in [0.15, 0.2) is 0 Å². The Hall–Kier alpha value is -0.770. The average molecular weight is 254 g/mol. The van der Waals surface area contributed by atoms with Gasteiger partial charge in [0.25, 0.3) is 0 Å². The van der Waals surface area contributed by atoms with Crippen molar-refractivity contribution in [3.05, 3.63) is 0 Å². The third-order valence-electron chi connectivity index (χ3n) is 4.54. The summed E-state index contributed by atoms with van der Waals surface area (Å²) in [6.45, 7) is 4.47. The minimum Gasteiger partial charge on any atom is -0.453 e. The van der Waals surface area contributed by atoms with E-state index in [4.69, 9.17) is 0 Å². The number of nitrogens with one attached hydrogen (secondary N) is 1. The van der Waals surface area contributed by atoms with Crippen LogP contribution in [0.2, 0.25) is 0 Å². The van der Waals surface area contributed by atoms with Gasteiger partial charge in [-0.05, 0) is 44.6 Å². The molecular formula is C14H26N2O2. The standard InChI is InChI=1S/C14H26N2O2/c1-3-13(11-6-4-7-11)16-9-5-8-12(10-16)15-14(17)18-2/h11-13H,3-10H2,1-2H3,(H,15,17). The average Bonchev–Trinajstić information content (AvgIpc) is 2.33. The Balaban J connectivity index is 1.86. The Kier molecular flexibility index (Phi) is 4.87. The highest BCUT2D eigenvalue weighted by molar-refractivity contribution is 5.67. The van der Waals surface area contributed by atoms with Gasteiger partial charge in [-0.3, -0.25) is 4.90 Å². The number of methoxy groups -OCH3 is 1. The van der Waals surface area contributed by atoms with Crippen molar-refractivity contribution in [3.8, 4) is 0 Å². The fourth-order valence-electron chi connectivity index (χ4n) is 3.37. The Morgan fingerprint density at radius 2 is 2.17 bits per heavy atom. The molecule has 0 aromatic carbocycles. The molecule has 2 atom stereocenters. The molecular weight excluding hydrogens is 228 g/mol. The molecule has 0 radical (unpaired) electrons. The molecule has 1 amide bonds. The highest BCUT2D eigenvalue weighted by Crippen LogP contribution is 2.34. The van der Waals surface area contributed by atoms with Crippen molar-refractivity contribution in [1.82, 2.24) is 10.2 Å². The topological polar surface area (TPSA) is 41.6 Å². The number of carbonyl (C=O) groups excluding carboxylic acids is 1. The summed E-state index contributed by atoms with van der Waals surface area (Å²) in [5.74, 6) is 0.895. The molecule has 1 saturated heterocycles. The predicted octanol–water partition coefficient (Wildman–Crippen LogP) is 2.39. The first kappa shape index (κ1) is 13.7. The van der Waals surface area contributed by atoms with Gasteiger partial charge in [-0.2, -0.15) is 0 Å². The number of carbonyl (C=O) groups is 1.